The number of hydrazone groups is 1. The number of fused-ring (bicyclic) bond motifs is 4. The third-order valence-electron chi connectivity index (χ3n) is 11.9. The number of aromatic hydroxyl groups is 2. The second-order valence-electron chi connectivity index (χ2n) is 17.4. The number of hydrogen-bond acceptors (Lipinski definition) is 24. The number of aromatic amines is 1. The first-order valence-corrected chi connectivity index (χ1v) is 29.1. The number of aliphatic hydroxyl groups is 2. The van der Waals surface area contributed by atoms with Crippen LogP contribution in [0.2, 0.25) is 0 Å². The number of amides is 1. The van der Waals surface area contributed by atoms with Crippen molar-refractivity contribution in [1.29, 1.82) is 0 Å². The van der Waals surface area contributed by atoms with Gasteiger partial charge in [0.2, 0.25) is 6.04 Å². The second kappa shape index (κ2) is 22.6. The van der Waals surface area contributed by atoms with E-state index in [1.807, 2.05) is 0 Å². The van der Waals surface area contributed by atoms with Crippen LogP contribution in [0.4, 0.5) is 34.1 Å². The molecule has 0 spiro atoms. The van der Waals surface area contributed by atoms with Crippen molar-refractivity contribution in [3.05, 3.63) is 103 Å². The number of H-pyrrole nitrogens is 1. The zero-order valence-electron chi connectivity index (χ0n) is 41.5. The van der Waals surface area contributed by atoms with Gasteiger partial charge in [0.25, 0.3) is 46.4 Å². The molecule has 1 atom stereocenters. The SMILES string of the molecule is O=C(O)C1=NN(c2ccc(S(=O)(=O)O)cc2)C(=O)C1/N=N/c1ccc(-c2nc3ccc4c(O)c(/N=N/c5cc(OCCO)c(/N=N/c6cc(S(=O)(=O)O)cc7cc(S(=O)(=O)O)cc(O)c67)cc5OCCCO)c(S(=O)(=O)O)cc4c3[nH]2)cc1. The number of aliphatic carboxylic acids is 1. The number of anilines is 1. The number of nitrogens with one attached hydrogen (secondary N) is 1. The molecule has 1 unspecified atom stereocenters. The molecule has 1 aliphatic rings. The lowest BCUT2D eigenvalue weighted by atomic mass is 10.1. The van der Waals surface area contributed by atoms with Gasteiger partial charge in [0.15, 0.2) is 11.5 Å². The molecule has 7 aromatic carbocycles. The summed E-state index contributed by atoms with van der Waals surface area (Å²) < 4.78 is 148. The van der Waals surface area contributed by atoms with Crippen LogP contribution in [-0.4, -0.2) is 137 Å². The number of carboxylic acid groups (broad SMARTS) is 1. The summed E-state index contributed by atoms with van der Waals surface area (Å²) in [7, 11) is -19.8. The predicted octanol–water partition coefficient (Wildman–Crippen LogP) is 6.84. The van der Waals surface area contributed by atoms with E-state index in [2.05, 4.69) is 45.8 Å². The number of carboxylic acids is 1. The number of rotatable bonds is 20. The standard InChI is InChI=1S/C48H38N10O21S4/c59-12-1-14-78-37-21-33(52-54-35-18-28(81(69,70)71)16-24-17-29(82(72,73)74)19-36(61)40(24)35)38(79-15-13-60)22-34(37)53-55-42-39(83(75,76)77)20-31-30(45(42)62)10-11-32-41(31)50-46(49-32)23-2-4-25(5-3-23)51-56-43-44(48(64)65)57-58(47(43)63)26-6-8-27(9-7-26)80(66,67)68/h2-11,16-22,43,59-62H,1,12-15H2,(H,49,50)(H,64,65)(H,66,67,68)(H,69,70,71)(H,72,73,74)(H,75,76,77)/b54-52+,55-53+,56-51+. The average molecular weight is 1220 g/mol. The number of benzene rings is 7. The molecule has 0 saturated carbocycles. The Bertz CT molecular complexity index is 4590. The lowest BCUT2D eigenvalue weighted by molar-refractivity contribution is -0.130. The highest BCUT2D eigenvalue weighted by atomic mass is 32.2. The molecule has 9 rings (SSSR count). The van der Waals surface area contributed by atoms with E-state index in [1.165, 1.54) is 36.4 Å². The van der Waals surface area contributed by atoms with Gasteiger partial charge < -0.3 is 40.0 Å². The van der Waals surface area contributed by atoms with Gasteiger partial charge in [0, 0.05) is 47.6 Å². The van der Waals surface area contributed by atoms with Crippen molar-refractivity contribution >= 4 is 125 Å². The van der Waals surface area contributed by atoms with Crippen LogP contribution in [0.3, 0.4) is 0 Å². The Kier molecular flexibility index (Phi) is 15.9. The van der Waals surface area contributed by atoms with Crippen molar-refractivity contribution in [2.24, 2.45) is 35.8 Å². The summed E-state index contributed by atoms with van der Waals surface area (Å²) >= 11 is 0. The molecule has 0 radical (unpaired) electrons. The van der Waals surface area contributed by atoms with Gasteiger partial charge in [-0.2, -0.15) is 54.0 Å². The number of carbonyl (C=O) groups is 2. The number of carbonyl (C=O) groups excluding carboxylic acids is 1. The van der Waals surface area contributed by atoms with Crippen molar-refractivity contribution in [3.8, 4) is 34.4 Å². The van der Waals surface area contributed by atoms with Crippen LogP contribution in [-0.2, 0) is 50.1 Å². The van der Waals surface area contributed by atoms with Gasteiger partial charge in [-0.05, 0) is 90.3 Å². The van der Waals surface area contributed by atoms with E-state index in [9.17, 15) is 87.0 Å². The Morgan fingerprint density at radius 3 is 1.83 bits per heavy atom. The number of aromatic nitrogens is 2. The van der Waals surface area contributed by atoms with Crippen LogP contribution >= 0.6 is 0 Å². The number of aliphatic hydroxyl groups excluding tert-OH is 2. The van der Waals surface area contributed by atoms with Crippen LogP contribution in [0.25, 0.3) is 44.0 Å². The van der Waals surface area contributed by atoms with Crippen molar-refractivity contribution in [1.82, 2.24) is 9.97 Å². The number of phenolic OH excluding ortho intramolecular Hbond substituents is 2. The van der Waals surface area contributed by atoms with Gasteiger partial charge in [-0.1, -0.05) is 0 Å². The van der Waals surface area contributed by atoms with Gasteiger partial charge in [0.05, 0.1) is 61.4 Å². The van der Waals surface area contributed by atoms with Gasteiger partial charge in [-0.3, -0.25) is 23.0 Å². The van der Waals surface area contributed by atoms with E-state index in [4.69, 9.17) is 9.47 Å². The molecule has 31 nitrogen and oxygen atoms in total. The van der Waals surface area contributed by atoms with Crippen molar-refractivity contribution in [2.45, 2.75) is 32.0 Å². The maximum absolute atomic E-state index is 13.3. The number of azo groups is 3. The Morgan fingerprint density at radius 1 is 0.639 bits per heavy atom. The maximum Gasteiger partial charge on any atom is 0.355 e. The summed E-state index contributed by atoms with van der Waals surface area (Å²) in [5.41, 5.74) is -1.59. The molecule has 1 amide bonds. The zero-order valence-corrected chi connectivity index (χ0v) is 44.8. The summed E-state index contributed by atoms with van der Waals surface area (Å²) in [5.74, 6) is -4.46. The number of imidazole rings is 1. The normalized spacial score (nSPS) is 14.5. The first-order chi connectivity index (χ1) is 39.1. The van der Waals surface area contributed by atoms with Crippen LogP contribution in [0.1, 0.15) is 6.42 Å². The van der Waals surface area contributed by atoms with Gasteiger partial charge in [-0.15, -0.1) is 20.5 Å². The molecule has 8 aromatic rings. The van der Waals surface area contributed by atoms with Gasteiger partial charge >= 0.3 is 5.97 Å². The fourth-order valence-electron chi connectivity index (χ4n) is 8.13. The third kappa shape index (κ3) is 12.3. The average Bonchev–Trinajstić information content (AvgIpc) is 4.23. The number of hydrogen-bond donors (Lipinski definition) is 10. The molecule has 83 heavy (non-hydrogen) atoms. The molecule has 2 heterocycles. The monoisotopic (exact) mass is 1220 g/mol. The van der Waals surface area contributed by atoms with Crippen molar-refractivity contribution < 1.29 is 96.5 Å². The molecule has 1 aliphatic heterocycles. The summed E-state index contributed by atoms with van der Waals surface area (Å²) in [6.07, 6.45) is 0.0387. The zero-order chi connectivity index (χ0) is 59.9. The molecule has 1 aromatic heterocycles. The van der Waals surface area contributed by atoms with Crippen LogP contribution in [0.5, 0.6) is 23.0 Å². The molecule has 10 N–H and O–H groups in total. The third-order valence-corrected chi connectivity index (χ3v) is 15.3. The topological polar surface area (TPSA) is 490 Å². The minimum Gasteiger partial charge on any atom is -0.507 e. The van der Waals surface area contributed by atoms with Gasteiger partial charge in [0.1, 0.15) is 51.6 Å². The van der Waals surface area contributed by atoms with E-state index in [0.29, 0.717) is 16.6 Å². The van der Waals surface area contributed by atoms with E-state index in [0.717, 1.165) is 60.7 Å². The Hall–Kier alpha value is -9.30. The largest absolute Gasteiger partial charge is 0.507 e. The van der Waals surface area contributed by atoms with Gasteiger partial charge in [-0.25, -0.2) is 9.78 Å². The highest BCUT2D eigenvalue weighted by molar-refractivity contribution is 7.86. The quantitative estimate of drug-likeness (QED) is 0.0212. The number of nitrogens with zero attached hydrogens (tertiary/aromatic N) is 9. The molecule has 0 bridgehead atoms. The minimum atomic E-state index is -5.26. The summed E-state index contributed by atoms with van der Waals surface area (Å²) in [6, 6.07) is 17.5. The molecule has 0 aliphatic carbocycles. The minimum absolute atomic E-state index is 0.0146. The fourth-order valence-corrected chi connectivity index (χ4v) is 10.3. The summed E-state index contributed by atoms with van der Waals surface area (Å²) in [5, 5.41) is 79.5. The van der Waals surface area contributed by atoms with Crippen LogP contribution in [0, 0.1) is 0 Å². The maximum atomic E-state index is 13.3. The van der Waals surface area contributed by atoms with Crippen LogP contribution in [0.15, 0.2) is 158 Å². The Morgan fingerprint density at radius 2 is 1.24 bits per heavy atom. The van der Waals surface area contributed by atoms with E-state index in [1.54, 1.807) is 0 Å². The number of ether oxygens (including phenoxy) is 2. The summed E-state index contributed by atoms with van der Waals surface area (Å²) in [4.78, 5) is 29.8. The molecule has 35 heteroatoms. The Balaban J connectivity index is 1.04. The number of phenols is 2. The smallest absolute Gasteiger partial charge is 0.355 e. The second-order valence-corrected chi connectivity index (χ2v) is 23.0. The van der Waals surface area contributed by atoms with E-state index in [-0.39, 0.29) is 92.3 Å². The highest BCUT2D eigenvalue weighted by Gasteiger charge is 2.41. The Labute approximate surface area is 465 Å². The fraction of sp³-hybridized carbons (Fsp3) is 0.125. The first-order valence-electron chi connectivity index (χ1n) is 23.3. The molecule has 430 valence electrons. The lowest BCUT2D eigenvalue weighted by Gasteiger charge is -2.13. The van der Waals surface area contributed by atoms with E-state index < -0.39 is 120 Å². The first kappa shape index (κ1) is 58.4. The van der Waals surface area contributed by atoms with Crippen LogP contribution < -0.4 is 14.5 Å². The van der Waals surface area contributed by atoms with E-state index >= 15 is 0 Å². The molecular weight excluding hydrogens is 1180 g/mol. The molecule has 0 saturated heterocycles. The molecule has 0 fully saturated rings. The predicted molar refractivity (Wildman–Crippen MR) is 287 cm³/mol. The summed E-state index contributed by atoms with van der Waals surface area (Å²) in [6.45, 7) is -1.55. The highest BCUT2D eigenvalue weighted by Crippen LogP contribution is 2.47. The van der Waals surface area contributed by atoms with Crippen molar-refractivity contribution in [3.63, 3.8) is 0 Å². The lowest BCUT2D eigenvalue weighted by Crippen LogP contribution is -2.33. The van der Waals surface area contributed by atoms with Crippen molar-refractivity contribution in [2.75, 3.05) is 31.4 Å². The molecular formula is C48H38N10O21S4.